The molecule has 2 aliphatic rings. The summed E-state index contributed by atoms with van der Waals surface area (Å²) >= 11 is 0. The fourth-order valence-corrected chi connectivity index (χ4v) is 14.0. The summed E-state index contributed by atoms with van der Waals surface area (Å²) in [6, 6.07) is 6.11. The smallest absolute Gasteiger partial charge is 0.422 e. The molecule has 7 nitrogen and oxygen atoms in total. The Balaban J connectivity index is 1.53. The first-order valence-corrected chi connectivity index (χ1v) is 20.2. The van der Waals surface area contributed by atoms with Crippen LogP contribution in [0.2, 0.25) is 16.6 Å². The van der Waals surface area contributed by atoms with Crippen molar-refractivity contribution in [3.05, 3.63) is 47.7 Å². The van der Waals surface area contributed by atoms with Crippen molar-refractivity contribution >= 4 is 30.0 Å². The topological polar surface area (TPSA) is 69.6 Å². The molecule has 14 heteroatoms. The summed E-state index contributed by atoms with van der Waals surface area (Å²) < 4.78 is 105. The molecule has 2 fully saturated rings. The lowest BCUT2D eigenvalue weighted by Gasteiger charge is -2.42. The Morgan fingerprint density at radius 1 is 1.00 bits per heavy atom. The molecule has 2 saturated heterocycles. The summed E-state index contributed by atoms with van der Waals surface area (Å²) in [5.74, 6) is -1.51. The zero-order chi connectivity index (χ0) is 37.7. The van der Waals surface area contributed by atoms with Crippen molar-refractivity contribution in [3.63, 3.8) is 0 Å². The lowest BCUT2D eigenvalue weighted by atomic mass is 9.94. The van der Waals surface area contributed by atoms with Gasteiger partial charge in [-0.3, -0.25) is 9.88 Å². The van der Waals surface area contributed by atoms with Crippen molar-refractivity contribution in [1.82, 2.24) is 19.9 Å². The van der Waals surface area contributed by atoms with E-state index in [-0.39, 0.29) is 58.4 Å². The van der Waals surface area contributed by atoms with Crippen molar-refractivity contribution in [2.24, 2.45) is 0 Å². The number of aryl methyl sites for hydroxylation is 1. The highest BCUT2D eigenvalue weighted by atomic mass is 28.4. The predicted molar refractivity (Wildman–Crippen MR) is 191 cm³/mol. The highest BCUT2D eigenvalue weighted by Crippen LogP contribution is 2.46. The molecule has 4 aromatic rings. The first-order valence-electron chi connectivity index (χ1n) is 18.0. The van der Waals surface area contributed by atoms with Crippen LogP contribution in [-0.4, -0.2) is 72.4 Å². The maximum atomic E-state index is 17.0. The van der Waals surface area contributed by atoms with Gasteiger partial charge in [-0.1, -0.05) is 54.5 Å². The van der Waals surface area contributed by atoms with Crippen LogP contribution in [0.1, 0.15) is 73.3 Å². The van der Waals surface area contributed by atoms with Gasteiger partial charge in [-0.05, 0) is 77.0 Å². The zero-order valence-corrected chi connectivity index (χ0v) is 31.6. The van der Waals surface area contributed by atoms with Crippen LogP contribution in [0.15, 0.2) is 30.5 Å². The number of rotatable bonds is 12. The number of ether oxygens (including phenoxy) is 2. The van der Waals surface area contributed by atoms with Crippen molar-refractivity contribution in [2.45, 2.75) is 109 Å². The van der Waals surface area contributed by atoms with Gasteiger partial charge in [-0.2, -0.15) is 23.1 Å². The highest BCUT2D eigenvalue weighted by Gasteiger charge is 2.50. The Morgan fingerprint density at radius 3 is 2.37 bits per heavy atom. The van der Waals surface area contributed by atoms with Crippen LogP contribution in [0, 0.1) is 11.6 Å². The van der Waals surface area contributed by atoms with Gasteiger partial charge >= 0.3 is 12.2 Å². The monoisotopic (exact) mass is 748 g/mol. The molecule has 0 saturated carbocycles. The standard InChI is InChI=1S/C38H46F6N4O3Si/c1-8-27-30(40)11-10-24-14-26(51-52(21(2)3,22(4)5)23(6)7)15-28(31(24)27)33-32(41)34-29(17-45-33)35(49-20-38(42,43)44)47-36(46-34)50-19-37-12-9-13-48(37)18-25(39)16-37/h10-11,14-15,17,21-23,25H,8-9,12-13,16,18-20H2,1-7H3/t25-,37+/m1/s1. The number of halogens is 6. The molecule has 4 heterocycles. The molecule has 0 amide bonds. The molecule has 0 aliphatic carbocycles. The lowest BCUT2D eigenvalue weighted by Crippen LogP contribution is -2.50. The molecule has 282 valence electrons. The summed E-state index contributed by atoms with van der Waals surface area (Å²) in [6.07, 6.45) is -2.57. The van der Waals surface area contributed by atoms with E-state index >= 15 is 8.78 Å². The molecule has 0 radical (unpaired) electrons. The molecule has 2 aromatic heterocycles. The average molecular weight is 749 g/mol. The third kappa shape index (κ3) is 6.92. The molecule has 52 heavy (non-hydrogen) atoms. The first kappa shape index (κ1) is 38.1. The quantitative estimate of drug-likeness (QED) is 0.106. The van der Waals surface area contributed by atoms with Gasteiger partial charge in [0.15, 0.2) is 12.4 Å². The summed E-state index contributed by atoms with van der Waals surface area (Å²) in [5.41, 5.74) is 0.0797. The number of aromatic nitrogens is 3. The van der Waals surface area contributed by atoms with Crippen molar-refractivity contribution in [3.8, 4) is 28.9 Å². The highest BCUT2D eigenvalue weighted by molar-refractivity contribution is 6.78. The van der Waals surface area contributed by atoms with E-state index in [1.807, 2.05) is 11.0 Å². The van der Waals surface area contributed by atoms with Gasteiger partial charge in [-0.25, -0.2) is 13.2 Å². The van der Waals surface area contributed by atoms with Crippen molar-refractivity contribution < 1.29 is 40.2 Å². The van der Waals surface area contributed by atoms with Gasteiger partial charge in [0.2, 0.25) is 5.88 Å². The number of alkyl halides is 4. The molecular formula is C38H46F6N4O3Si. The van der Waals surface area contributed by atoms with Crippen molar-refractivity contribution in [1.29, 1.82) is 0 Å². The van der Waals surface area contributed by atoms with Crippen LogP contribution in [0.3, 0.4) is 0 Å². The van der Waals surface area contributed by atoms with E-state index in [0.29, 0.717) is 41.5 Å². The molecule has 0 bridgehead atoms. The summed E-state index contributed by atoms with van der Waals surface area (Å²) in [7, 11) is -2.50. The zero-order valence-electron chi connectivity index (χ0n) is 30.6. The third-order valence-corrected chi connectivity index (χ3v) is 17.0. The van der Waals surface area contributed by atoms with E-state index in [2.05, 4.69) is 56.5 Å². The van der Waals surface area contributed by atoms with Gasteiger partial charge in [0, 0.05) is 24.7 Å². The summed E-state index contributed by atoms with van der Waals surface area (Å²) in [4.78, 5) is 14.8. The summed E-state index contributed by atoms with van der Waals surface area (Å²) in [5, 5.41) is 0.857. The molecule has 0 unspecified atom stereocenters. The van der Waals surface area contributed by atoms with E-state index in [4.69, 9.17) is 13.9 Å². The Morgan fingerprint density at radius 2 is 1.71 bits per heavy atom. The minimum absolute atomic E-state index is 0.0342. The van der Waals surface area contributed by atoms with E-state index in [1.54, 1.807) is 19.1 Å². The van der Waals surface area contributed by atoms with E-state index < -0.39 is 56.3 Å². The van der Waals surface area contributed by atoms with Crippen LogP contribution >= 0.6 is 0 Å². The fraction of sp³-hybridized carbons (Fsp3) is 0.553. The normalized spacial score (nSPS) is 19.8. The number of benzene rings is 2. The van der Waals surface area contributed by atoms with Crippen LogP contribution in [0.4, 0.5) is 26.3 Å². The number of fused-ring (bicyclic) bond motifs is 3. The molecule has 2 aliphatic heterocycles. The molecule has 0 N–H and O–H groups in total. The van der Waals surface area contributed by atoms with Crippen LogP contribution in [-0.2, 0) is 6.42 Å². The molecule has 0 spiro atoms. The largest absolute Gasteiger partial charge is 0.543 e. The minimum atomic E-state index is -4.71. The minimum Gasteiger partial charge on any atom is -0.543 e. The van der Waals surface area contributed by atoms with E-state index in [1.165, 1.54) is 6.07 Å². The number of pyridine rings is 1. The Kier molecular flexibility index (Phi) is 10.5. The molecule has 2 aromatic carbocycles. The number of nitrogens with zero attached hydrogens (tertiary/aromatic N) is 4. The van der Waals surface area contributed by atoms with Gasteiger partial charge in [0.05, 0.1) is 10.9 Å². The third-order valence-electron chi connectivity index (χ3n) is 11.0. The van der Waals surface area contributed by atoms with Crippen LogP contribution < -0.4 is 13.9 Å². The molecular weight excluding hydrogens is 703 g/mol. The van der Waals surface area contributed by atoms with Crippen LogP contribution in [0.25, 0.3) is 32.9 Å². The molecule has 6 rings (SSSR count). The Bertz CT molecular complexity index is 1940. The van der Waals surface area contributed by atoms with Gasteiger partial charge in [-0.15, -0.1) is 0 Å². The maximum absolute atomic E-state index is 17.0. The van der Waals surface area contributed by atoms with Gasteiger partial charge in [0.1, 0.15) is 35.6 Å². The SMILES string of the molecule is CCc1c(F)ccc2cc(O[Si](C(C)C)(C(C)C)C(C)C)cc(-c3ncc4c(OCC(F)(F)F)nc(OC[C@@]56CCCN5C[C@H](F)C6)nc4c3F)c12. The Hall–Kier alpha value is -3.65. The lowest BCUT2D eigenvalue weighted by molar-refractivity contribution is -0.153. The maximum Gasteiger partial charge on any atom is 0.422 e. The second-order valence-corrected chi connectivity index (χ2v) is 20.5. The van der Waals surface area contributed by atoms with Gasteiger partial charge < -0.3 is 13.9 Å². The first-order chi connectivity index (χ1) is 24.5. The second-order valence-electron chi connectivity index (χ2n) is 15.1. The van der Waals surface area contributed by atoms with Gasteiger partial charge in [0.25, 0.3) is 8.32 Å². The predicted octanol–water partition coefficient (Wildman–Crippen LogP) is 10.1. The average Bonchev–Trinajstić information content (AvgIpc) is 3.60. The fourth-order valence-electron chi connectivity index (χ4n) is 8.81. The molecule has 2 atom stereocenters. The van der Waals surface area contributed by atoms with E-state index in [9.17, 15) is 17.6 Å². The summed E-state index contributed by atoms with van der Waals surface area (Å²) in [6.45, 7) is 13.9. The number of hydrogen-bond donors (Lipinski definition) is 0. The van der Waals surface area contributed by atoms with Crippen LogP contribution in [0.5, 0.6) is 17.6 Å². The van der Waals surface area contributed by atoms with E-state index in [0.717, 1.165) is 12.6 Å². The number of hydrogen-bond acceptors (Lipinski definition) is 7. The second kappa shape index (κ2) is 14.3. The van der Waals surface area contributed by atoms with Crippen molar-refractivity contribution in [2.75, 3.05) is 26.3 Å². The Labute approximate surface area is 301 Å².